The van der Waals surface area contributed by atoms with E-state index in [2.05, 4.69) is 5.32 Å². The summed E-state index contributed by atoms with van der Waals surface area (Å²) in [4.78, 5) is 29.8. The molecule has 3 aromatic rings. The number of thioether (sulfide) groups is 1. The molecule has 3 rings (SSSR count). The summed E-state index contributed by atoms with van der Waals surface area (Å²) in [5.74, 6) is 0.649. The van der Waals surface area contributed by atoms with Crippen LogP contribution in [-0.4, -0.2) is 35.1 Å². The first-order valence-corrected chi connectivity index (χ1v) is 13.8. The van der Waals surface area contributed by atoms with Crippen LogP contribution in [0.2, 0.25) is 10.0 Å². The molecule has 7 heteroatoms. The van der Waals surface area contributed by atoms with Crippen molar-refractivity contribution in [2.45, 2.75) is 44.2 Å². The molecule has 2 amide bonds. The molecule has 0 aliphatic carbocycles. The Kier molecular flexibility index (Phi) is 11.2. The number of hydrogen-bond acceptors (Lipinski definition) is 3. The predicted octanol–water partition coefficient (Wildman–Crippen LogP) is 6.89. The second-order valence-electron chi connectivity index (χ2n) is 9.01. The van der Waals surface area contributed by atoms with Crippen LogP contribution in [0.5, 0.6) is 0 Å². The predicted molar refractivity (Wildman–Crippen MR) is 151 cm³/mol. The van der Waals surface area contributed by atoms with Crippen molar-refractivity contribution in [1.82, 2.24) is 10.2 Å². The largest absolute Gasteiger partial charge is 0.354 e. The van der Waals surface area contributed by atoms with Crippen LogP contribution in [0.15, 0.2) is 83.8 Å². The lowest BCUT2D eigenvalue weighted by Gasteiger charge is -2.32. The number of hydrogen-bond donors (Lipinski definition) is 1. The van der Waals surface area contributed by atoms with E-state index in [9.17, 15) is 9.59 Å². The van der Waals surface area contributed by atoms with Crippen LogP contribution in [0.1, 0.15) is 31.4 Å². The molecule has 1 atom stereocenters. The fraction of sp³-hybridized carbons (Fsp3) is 0.310. The Hall–Kier alpha value is -2.47. The maximum absolute atomic E-state index is 13.6. The Bertz CT molecular complexity index is 1120. The average molecular weight is 544 g/mol. The number of nitrogens with zero attached hydrogens (tertiary/aromatic N) is 1. The molecule has 0 heterocycles. The summed E-state index contributed by atoms with van der Waals surface area (Å²) in [6, 6.07) is 24.2. The molecule has 0 bridgehead atoms. The van der Waals surface area contributed by atoms with Crippen molar-refractivity contribution in [3.63, 3.8) is 0 Å². The lowest BCUT2D eigenvalue weighted by Crippen LogP contribution is -2.51. The summed E-state index contributed by atoms with van der Waals surface area (Å²) in [5, 5.41) is 4.30. The fourth-order valence-corrected chi connectivity index (χ4v) is 4.88. The van der Waals surface area contributed by atoms with E-state index >= 15 is 0 Å². The van der Waals surface area contributed by atoms with E-state index in [0.29, 0.717) is 41.1 Å². The van der Waals surface area contributed by atoms with E-state index in [0.717, 1.165) is 16.0 Å². The number of carbonyl (C=O) groups is 2. The number of amides is 2. The number of nitrogens with one attached hydrogen (secondary N) is 1. The highest BCUT2D eigenvalue weighted by atomic mass is 35.5. The van der Waals surface area contributed by atoms with E-state index in [1.807, 2.05) is 86.6 Å². The molecule has 0 aliphatic rings. The molecule has 0 fully saturated rings. The van der Waals surface area contributed by atoms with Crippen LogP contribution in [-0.2, 0) is 22.6 Å². The van der Waals surface area contributed by atoms with Crippen LogP contribution in [0, 0.1) is 5.92 Å². The van der Waals surface area contributed by atoms with Gasteiger partial charge in [-0.3, -0.25) is 9.59 Å². The van der Waals surface area contributed by atoms with Crippen molar-refractivity contribution in [3.8, 4) is 0 Å². The summed E-state index contributed by atoms with van der Waals surface area (Å²) >= 11 is 14.0. The lowest BCUT2D eigenvalue weighted by molar-refractivity contribution is -0.141. The highest BCUT2D eigenvalue weighted by Gasteiger charge is 2.30. The summed E-state index contributed by atoms with van der Waals surface area (Å²) in [6.07, 6.45) is 0.714. The van der Waals surface area contributed by atoms with Crippen LogP contribution in [0.3, 0.4) is 0 Å². The molecule has 0 aromatic heterocycles. The van der Waals surface area contributed by atoms with Crippen LogP contribution >= 0.6 is 35.0 Å². The third-order valence-electron chi connectivity index (χ3n) is 5.65. The zero-order chi connectivity index (χ0) is 25.9. The quantitative estimate of drug-likeness (QED) is 0.253. The van der Waals surface area contributed by atoms with Crippen LogP contribution in [0.25, 0.3) is 0 Å². The topological polar surface area (TPSA) is 49.4 Å². The molecule has 190 valence electrons. The van der Waals surface area contributed by atoms with Crippen LogP contribution < -0.4 is 5.32 Å². The van der Waals surface area contributed by atoms with Crippen molar-refractivity contribution in [3.05, 3.63) is 100 Å². The third kappa shape index (κ3) is 8.88. The molecule has 0 saturated carbocycles. The Morgan fingerprint density at radius 3 is 2.25 bits per heavy atom. The van der Waals surface area contributed by atoms with Gasteiger partial charge in [-0.2, -0.15) is 0 Å². The number of benzene rings is 3. The molecule has 4 nitrogen and oxygen atoms in total. The van der Waals surface area contributed by atoms with Crippen molar-refractivity contribution in [1.29, 1.82) is 0 Å². The van der Waals surface area contributed by atoms with E-state index in [4.69, 9.17) is 23.2 Å². The van der Waals surface area contributed by atoms with Gasteiger partial charge in [0.25, 0.3) is 0 Å². The van der Waals surface area contributed by atoms with E-state index in [1.165, 1.54) is 0 Å². The number of carbonyl (C=O) groups excluding carboxylic acids is 2. The standard InChI is InChI=1S/C29H32Cl2N2O2S/c1-21(2)19-32-29(35)27(18-22-8-4-3-5-9-22)33(20-23-10-6-7-11-26(23)31)28(34)16-17-36-25-14-12-24(30)13-15-25/h3-15,21,27H,16-20H2,1-2H3,(H,32,35). The van der Waals surface area contributed by atoms with Crippen LogP contribution in [0.4, 0.5) is 0 Å². The van der Waals surface area contributed by atoms with Gasteiger partial charge in [0, 0.05) is 46.6 Å². The molecule has 36 heavy (non-hydrogen) atoms. The minimum atomic E-state index is -0.657. The van der Waals surface area contributed by atoms with Crippen molar-refractivity contribution in [2.24, 2.45) is 5.92 Å². The second kappa shape index (κ2) is 14.3. The fourth-order valence-electron chi connectivity index (χ4n) is 3.72. The molecule has 1 N–H and O–H groups in total. The first kappa shape index (κ1) is 28.1. The molecule has 1 unspecified atom stereocenters. The zero-order valence-electron chi connectivity index (χ0n) is 20.6. The van der Waals surface area contributed by atoms with Gasteiger partial charge < -0.3 is 10.2 Å². The van der Waals surface area contributed by atoms with E-state index in [-0.39, 0.29) is 18.4 Å². The number of halogens is 2. The highest BCUT2D eigenvalue weighted by molar-refractivity contribution is 7.99. The Morgan fingerprint density at radius 1 is 0.917 bits per heavy atom. The maximum atomic E-state index is 13.6. The first-order chi connectivity index (χ1) is 17.3. The van der Waals surface area contributed by atoms with Gasteiger partial charge in [0.2, 0.25) is 11.8 Å². The normalized spacial score (nSPS) is 11.8. The van der Waals surface area contributed by atoms with Gasteiger partial charge in [0.15, 0.2) is 0 Å². The van der Waals surface area contributed by atoms with E-state index < -0.39 is 6.04 Å². The molecular weight excluding hydrogens is 511 g/mol. The first-order valence-electron chi connectivity index (χ1n) is 12.1. The lowest BCUT2D eigenvalue weighted by atomic mass is 10.0. The molecule has 0 radical (unpaired) electrons. The summed E-state index contributed by atoms with van der Waals surface area (Å²) in [6.45, 7) is 4.90. The van der Waals surface area contributed by atoms with Gasteiger partial charge in [-0.1, -0.05) is 85.6 Å². The highest BCUT2D eigenvalue weighted by Crippen LogP contribution is 2.24. The van der Waals surface area contributed by atoms with Gasteiger partial charge in [0.1, 0.15) is 6.04 Å². The summed E-state index contributed by atoms with van der Waals surface area (Å²) < 4.78 is 0. The summed E-state index contributed by atoms with van der Waals surface area (Å²) in [5.41, 5.74) is 1.81. The Labute approximate surface area is 228 Å². The molecule has 0 spiro atoms. The average Bonchev–Trinajstić information content (AvgIpc) is 2.87. The van der Waals surface area contributed by atoms with Crippen molar-refractivity contribution in [2.75, 3.05) is 12.3 Å². The minimum Gasteiger partial charge on any atom is -0.354 e. The Morgan fingerprint density at radius 2 is 1.58 bits per heavy atom. The zero-order valence-corrected chi connectivity index (χ0v) is 23.0. The van der Waals surface area contributed by atoms with Gasteiger partial charge in [0.05, 0.1) is 0 Å². The van der Waals surface area contributed by atoms with Gasteiger partial charge in [-0.25, -0.2) is 0 Å². The second-order valence-corrected chi connectivity index (χ2v) is 11.0. The SMILES string of the molecule is CC(C)CNC(=O)C(Cc1ccccc1)N(Cc1ccccc1Cl)C(=O)CCSc1ccc(Cl)cc1. The molecule has 0 aliphatic heterocycles. The van der Waals surface area contributed by atoms with Crippen molar-refractivity contribution >= 4 is 46.8 Å². The molecule has 3 aromatic carbocycles. The third-order valence-corrected chi connectivity index (χ3v) is 7.29. The number of rotatable bonds is 12. The summed E-state index contributed by atoms with van der Waals surface area (Å²) in [7, 11) is 0. The monoisotopic (exact) mass is 542 g/mol. The maximum Gasteiger partial charge on any atom is 0.243 e. The molecule has 0 saturated heterocycles. The smallest absolute Gasteiger partial charge is 0.243 e. The van der Waals surface area contributed by atoms with Gasteiger partial charge in [-0.05, 0) is 47.4 Å². The van der Waals surface area contributed by atoms with Gasteiger partial charge in [-0.15, -0.1) is 11.8 Å². The van der Waals surface area contributed by atoms with Crippen molar-refractivity contribution < 1.29 is 9.59 Å². The van der Waals surface area contributed by atoms with E-state index in [1.54, 1.807) is 22.7 Å². The molecular formula is C29H32Cl2N2O2S. The van der Waals surface area contributed by atoms with Gasteiger partial charge >= 0.3 is 0 Å². The minimum absolute atomic E-state index is 0.0861. The Balaban J connectivity index is 1.84.